The number of imide groups is 1. The highest BCUT2D eigenvalue weighted by atomic mass is 16.2. The molecule has 2 atom stereocenters. The van der Waals surface area contributed by atoms with Crippen LogP contribution in [0, 0.1) is 5.92 Å². The Morgan fingerprint density at radius 2 is 1.69 bits per heavy atom. The maximum absolute atomic E-state index is 13.6. The summed E-state index contributed by atoms with van der Waals surface area (Å²) in [7, 11) is 0. The van der Waals surface area contributed by atoms with Crippen molar-refractivity contribution in [3.63, 3.8) is 0 Å². The summed E-state index contributed by atoms with van der Waals surface area (Å²) in [5.74, 6) is 4.30. The molecule has 0 saturated heterocycles. The van der Waals surface area contributed by atoms with Gasteiger partial charge in [0.15, 0.2) is 0 Å². The summed E-state index contributed by atoms with van der Waals surface area (Å²) in [6.07, 6.45) is 0. The number of hydrogen-bond donors (Lipinski definition) is 1. The number of nitrogens with zero attached hydrogens (tertiary/aromatic N) is 6. The van der Waals surface area contributed by atoms with Crippen LogP contribution < -0.4 is 5.84 Å². The molecule has 4 aromatic rings. The SMILES string of the molecule is CC1=Nc2nnnn2C(c2cccc3ccccc23)C1C(=O)N(N)C(=O)c1ccccc1. The van der Waals surface area contributed by atoms with Crippen LogP contribution in [0.15, 0.2) is 77.8 Å². The lowest BCUT2D eigenvalue weighted by molar-refractivity contribution is -0.131. The third-order valence-electron chi connectivity index (χ3n) is 5.67. The second kappa shape index (κ2) is 7.78. The summed E-state index contributed by atoms with van der Waals surface area (Å²) in [5.41, 5.74) is 1.63. The number of aliphatic imine (C=N–C) groups is 1. The van der Waals surface area contributed by atoms with E-state index in [4.69, 9.17) is 5.84 Å². The molecule has 9 heteroatoms. The molecule has 1 aliphatic rings. The van der Waals surface area contributed by atoms with Crippen LogP contribution in [0.3, 0.4) is 0 Å². The number of tetrazole rings is 1. The normalized spacial score (nSPS) is 17.5. The number of carbonyl (C=O) groups is 2. The van der Waals surface area contributed by atoms with Crippen molar-refractivity contribution in [2.45, 2.75) is 13.0 Å². The van der Waals surface area contributed by atoms with E-state index in [0.717, 1.165) is 16.3 Å². The summed E-state index contributed by atoms with van der Waals surface area (Å²) < 4.78 is 1.51. The van der Waals surface area contributed by atoms with Crippen LogP contribution in [0.1, 0.15) is 28.9 Å². The van der Waals surface area contributed by atoms with E-state index < -0.39 is 23.8 Å². The summed E-state index contributed by atoms with van der Waals surface area (Å²) in [6, 6.07) is 21.5. The number of rotatable bonds is 3. The van der Waals surface area contributed by atoms with E-state index >= 15 is 0 Å². The van der Waals surface area contributed by atoms with Gasteiger partial charge in [-0.1, -0.05) is 65.8 Å². The molecule has 3 aromatic carbocycles. The van der Waals surface area contributed by atoms with E-state index in [-0.39, 0.29) is 0 Å². The lowest BCUT2D eigenvalue weighted by atomic mass is 9.85. The highest BCUT2D eigenvalue weighted by Crippen LogP contribution is 2.38. The van der Waals surface area contributed by atoms with Gasteiger partial charge in [0, 0.05) is 11.3 Å². The zero-order chi connectivity index (χ0) is 22.2. The Morgan fingerprint density at radius 1 is 0.969 bits per heavy atom. The molecule has 2 amide bonds. The molecule has 0 saturated carbocycles. The molecular formula is C23H19N7O2. The largest absolute Gasteiger partial charge is 0.274 e. The Bertz CT molecular complexity index is 1360. The fraction of sp³-hybridized carbons (Fsp3) is 0.130. The van der Waals surface area contributed by atoms with Gasteiger partial charge in [0.05, 0.1) is 0 Å². The van der Waals surface area contributed by atoms with Crippen LogP contribution in [0.4, 0.5) is 5.95 Å². The van der Waals surface area contributed by atoms with Crippen LogP contribution in [-0.4, -0.2) is 42.7 Å². The van der Waals surface area contributed by atoms with Crippen molar-refractivity contribution in [1.29, 1.82) is 0 Å². The average molecular weight is 425 g/mol. The molecule has 0 aliphatic carbocycles. The average Bonchev–Trinajstić information content (AvgIpc) is 3.30. The smallest absolute Gasteiger partial charge is 0.272 e. The molecule has 1 aliphatic heterocycles. The molecule has 2 heterocycles. The minimum absolute atomic E-state index is 0.294. The van der Waals surface area contributed by atoms with Crippen molar-refractivity contribution in [3.8, 4) is 0 Å². The number of hydrogen-bond acceptors (Lipinski definition) is 7. The summed E-state index contributed by atoms with van der Waals surface area (Å²) in [5, 5.41) is 14.4. The molecule has 9 nitrogen and oxygen atoms in total. The Kier molecular flexibility index (Phi) is 4.79. The molecule has 2 unspecified atom stereocenters. The van der Waals surface area contributed by atoms with Gasteiger partial charge in [-0.05, 0) is 45.8 Å². The van der Waals surface area contributed by atoms with Gasteiger partial charge in [0.2, 0.25) is 0 Å². The van der Waals surface area contributed by atoms with Gasteiger partial charge in [-0.25, -0.2) is 20.5 Å². The predicted molar refractivity (Wildman–Crippen MR) is 118 cm³/mol. The highest BCUT2D eigenvalue weighted by Gasteiger charge is 2.42. The summed E-state index contributed by atoms with van der Waals surface area (Å²) in [4.78, 5) is 30.9. The monoisotopic (exact) mass is 425 g/mol. The summed E-state index contributed by atoms with van der Waals surface area (Å²) >= 11 is 0. The Balaban J connectivity index is 1.63. The van der Waals surface area contributed by atoms with Crippen LogP contribution >= 0.6 is 0 Å². The van der Waals surface area contributed by atoms with Crippen molar-refractivity contribution >= 4 is 34.2 Å². The molecule has 1 aromatic heterocycles. The van der Waals surface area contributed by atoms with Gasteiger partial charge in [-0.2, -0.15) is 0 Å². The lowest BCUT2D eigenvalue weighted by Gasteiger charge is -2.32. The van der Waals surface area contributed by atoms with Crippen LogP contribution in [0.2, 0.25) is 0 Å². The van der Waals surface area contributed by atoms with Crippen LogP contribution in [0.5, 0.6) is 0 Å². The van der Waals surface area contributed by atoms with E-state index in [2.05, 4.69) is 20.5 Å². The Labute approximate surface area is 183 Å². The molecule has 0 bridgehead atoms. The van der Waals surface area contributed by atoms with Crippen molar-refractivity contribution < 1.29 is 9.59 Å². The van der Waals surface area contributed by atoms with Crippen molar-refractivity contribution in [2.75, 3.05) is 0 Å². The van der Waals surface area contributed by atoms with Crippen molar-refractivity contribution in [3.05, 3.63) is 83.9 Å². The first-order chi connectivity index (χ1) is 15.6. The van der Waals surface area contributed by atoms with Gasteiger partial charge < -0.3 is 0 Å². The number of nitrogens with two attached hydrogens (primary N) is 1. The molecule has 2 N–H and O–H groups in total. The van der Waals surface area contributed by atoms with Gasteiger partial charge in [0.1, 0.15) is 12.0 Å². The fourth-order valence-corrected chi connectivity index (χ4v) is 4.14. The van der Waals surface area contributed by atoms with E-state index in [0.29, 0.717) is 22.2 Å². The topological polar surface area (TPSA) is 119 Å². The minimum Gasteiger partial charge on any atom is -0.272 e. The van der Waals surface area contributed by atoms with E-state index in [1.54, 1.807) is 37.3 Å². The van der Waals surface area contributed by atoms with Crippen molar-refractivity contribution in [2.24, 2.45) is 16.8 Å². The second-order valence-corrected chi connectivity index (χ2v) is 7.55. The van der Waals surface area contributed by atoms with Crippen molar-refractivity contribution in [1.82, 2.24) is 25.2 Å². The zero-order valence-electron chi connectivity index (χ0n) is 17.2. The predicted octanol–water partition coefficient (Wildman–Crippen LogP) is 2.68. The van der Waals surface area contributed by atoms with Gasteiger partial charge in [0.25, 0.3) is 17.8 Å². The Hall–Kier alpha value is -4.24. The number of carbonyl (C=O) groups excluding carboxylic acids is 2. The summed E-state index contributed by atoms with van der Waals surface area (Å²) in [6.45, 7) is 1.72. The van der Waals surface area contributed by atoms with E-state index in [1.807, 2.05) is 42.5 Å². The third-order valence-corrected chi connectivity index (χ3v) is 5.67. The van der Waals surface area contributed by atoms with Gasteiger partial charge in [-0.3, -0.25) is 9.59 Å². The molecule has 0 spiro atoms. The fourth-order valence-electron chi connectivity index (χ4n) is 4.14. The lowest BCUT2D eigenvalue weighted by Crippen LogP contribution is -2.50. The first kappa shape index (κ1) is 19.7. The van der Waals surface area contributed by atoms with Crippen LogP contribution in [0.25, 0.3) is 10.8 Å². The second-order valence-electron chi connectivity index (χ2n) is 7.55. The standard InChI is InChI=1S/C23H19N7O2/c1-14-19(22(32)29(24)21(31)16-9-3-2-4-10-16)20(30-23(25-14)26-27-28-30)18-13-7-11-15-8-5-6-12-17(15)18/h2-13,19-20H,24H2,1H3. The van der Waals surface area contributed by atoms with Crippen LogP contribution in [-0.2, 0) is 4.79 Å². The number of hydrazine groups is 1. The molecule has 0 radical (unpaired) electrons. The zero-order valence-corrected chi connectivity index (χ0v) is 17.2. The third kappa shape index (κ3) is 3.15. The molecule has 32 heavy (non-hydrogen) atoms. The minimum atomic E-state index is -0.866. The van der Waals surface area contributed by atoms with Gasteiger partial charge in [-0.15, -0.1) is 0 Å². The molecule has 158 valence electrons. The first-order valence-corrected chi connectivity index (χ1v) is 10.0. The van der Waals surface area contributed by atoms with E-state index in [1.165, 1.54) is 4.68 Å². The van der Waals surface area contributed by atoms with Gasteiger partial charge >= 0.3 is 0 Å². The highest BCUT2D eigenvalue weighted by molar-refractivity contribution is 6.12. The van der Waals surface area contributed by atoms with E-state index in [9.17, 15) is 9.59 Å². The molecular weight excluding hydrogens is 406 g/mol. The Morgan fingerprint density at radius 3 is 2.50 bits per heavy atom. The number of fused-ring (bicyclic) bond motifs is 2. The number of aromatic nitrogens is 4. The maximum atomic E-state index is 13.6. The first-order valence-electron chi connectivity index (χ1n) is 10.0. The quantitative estimate of drug-likeness (QED) is 0.233. The molecule has 0 fully saturated rings. The number of benzene rings is 3. The molecule has 5 rings (SSSR count). The maximum Gasteiger partial charge on any atom is 0.274 e. The number of amides is 2.